The van der Waals surface area contributed by atoms with Crippen LogP contribution in [0.2, 0.25) is 0 Å². The minimum atomic E-state index is 0.739. The van der Waals surface area contributed by atoms with Crippen LogP contribution in [0.25, 0.3) is 28.0 Å². The van der Waals surface area contributed by atoms with E-state index in [0.717, 1.165) is 40.3 Å². The molecule has 0 unspecified atom stereocenters. The van der Waals surface area contributed by atoms with Crippen molar-refractivity contribution >= 4 is 11.3 Å². The molecular formula is C23H23N5. The standard InChI is InChI=1S/C23H23N5/c24-20-5-3-4-19(14-20)22-10-11-25-23-21(15-26-28(22)23)18-8-6-17(7-9-18)16-27-12-1-2-13-27/h3-11,14-15H,1-2,12-13,16,24H2. The molecule has 2 N–H and O–H groups in total. The maximum atomic E-state index is 5.96. The van der Waals surface area contributed by atoms with Gasteiger partial charge in [0.1, 0.15) is 0 Å². The van der Waals surface area contributed by atoms with Gasteiger partial charge in [0, 0.05) is 29.6 Å². The first kappa shape index (κ1) is 17.0. The molecule has 4 aromatic rings. The zero-order valence-electron chi connectivity index (χ0n) is 15.8. The molecule has 28 heavy (non-hydrogen) atoms. The number of hydrogen-bond donors (Lipinski definition) is 1. The van der Waals surface area contributed by atoms with Crippen LogP contribution in [0.5, 0.6) is 0 Å². The number of aromatic nitrogens is 3. The summed E-state index contributed by atoms with van der Waals surface area (Å²) >= 11 is 0. The first-order valence-electron chi connectivity index (χ1n) is 9.78. The van der Waals surface area contributed by atoms with Crippen LogP contribution in [-0.4, -0.2) is 32.6 Å². The van der Waals surface area contributed by atoms with Crippen molar-refractivity contribution < 1.29 is 0 Å². The monoisotopic (exact) mass is 369 g/mol. The van der Waals surface area contributed by atoms with Gasteiger partial charge in [-0.05, 0) is 55.3 Å². The summed E-state index contributed by atoms with van der Waals surface area (Å²) in [5.41, 5.74) is 13.1. The SMILES string of the molecule is Nc1cccc(-c2ccnc3c(-c4ccc(CN5CCCC5)cc4)cnn23)c1. The van der Waals surface area contributed by atoms with Gasteiger partial charge in [0.05, 0.1) is 11.9 Å². The summed E-state index contributed by atoms with van der Waals surface area (Å²) in [4.78, 5) is 7.11. The van der Waals surface area contributed by atoms with Gasteiger partial charge in [-0.15, -0.1) is 0 Å². The van der Waals surface area contributed by atoms with Crippen molar-refractivity contribution in [2.24, 2.45) is 0 Å². The lowest BCUT2D eigenvalue weighted by Gasteiger charge is -2.14. The van der Waals surface area contributed by atoms with E-state index < -0.39 is 0 Å². The van der Waals surface area contributed by atoms with Gasteiger partial charge in [-0.25, -0.2) is 9.50 Å². The quantitative estimate of drug-likeness (QED) is 0.547. The molecule has 1 aliphatic rings. The van der Waals surface area contributed by atoms with E-state index in [1.54, 1.807) is 0 Å². The van der Waals surface area contributed by atoms with Crippen LogP contribution >= 0.6 is 0 Å². The molecule has 1 fully saturated rings. The van der Waals surface area contributed by atoms with Crippen LogP contribution in [0.15, 0.2) is 67.0 Å². The Bertz CT molecular complexity index is 1110. The number of fused-ring (bicyclic) bond motifs is 1. The Labute approximate surface area is 164 Å². The first-order valence-corrected chi connectivity index (χ1v) is 9.78. The van der Waals surface area contributed by atoms with Gasteiger partial charge in [0.15, 0.2) is 5.65 Å². The predicted octanol–water partition coefficient (Wildman–Crippen LogP) is 4.24. The average Bonchev–Trinajstić information content (AvgIpc) is 3.38. The third-order valence-electron chi connectivity index (χ3n) is 5.45. The van der Waals surface area contributed by atoms with E-state index in [1.165, 1.54) is 31.5 Å². The number of likely N-dealkylation sites (tertiary alicyclic amines) is 1. The topological polar surface area (TPSA) is 59.5 Å². The fourth-order valence-electron chi connectivity index (χ4n) is 4.00. The smallest absolute Gasteiger partial charge is 0.163 e. The summed E-state index contributed by atoms with van der Waals surface area (Å²) in [7, 11) is 0. The molecule has 1 saturated heterocycles. The number of rotatable bonds is 4. The highest BCUT2D eigenvalue weighted by Gasteiger charge is 2.14. The second kappa shape index (κ2) is 7.09. The van der Waals surface area contributed by atoms with Gasteiger partial charge in [0.2, 0.25) is 0 Å². The second-order valence-corrected chi connectivity index (χ2v) is 7.43. The van der Waals surface area contributed by atoms with E-state index in [9.17, 15) is 0 Å². The summed E-state index contributed by atoms with van der Waals surface area (Å²) in [5, 5.41) is 4.61. The van der Waals surface area contributed by atoms with E-state index in [0.29, 0.717) is 0 Å². The summed E-state index contributed by atoms with van der Waals surface area (Å²) in [6.07, 6.45) is 6.37. The molecule has 3 heterocycles. The van der Waals surface area contributed by atoms with Crippen molar-refractivity contribution in [3.63, 3.8) is 0 Å². The predicted molar refractivity (Wildman–Crippen MR) is 113 cm³/mol. The normalized spacial score (nSPS) is 14.7. The molecular weight excluding hydrogens is 346 g/mol. The first-order chi connectivity index (χ1) is 13.8. The van der Waals surface area contributed by atoms with Gasteiger partial charge >= 0.3 is 0 Å². The molecule has 0 saturated carbocycles. The Morgan fingerprint density at radius 1 is 0.929 bits per heavy atom. The zero-order valence-corrected chi connectivity index (χ0v) is 15.8. The molecule has 0 amide bonds. The van der Waals surface area contributed by atoms with Crippen molar-refractivity contribution in [1.29, 1.82) is 0 Å². The van der Waals surface area contributed by atoms with E-state index in [4.69, 9.17) is 5.73 Å². The molecule has 0 atom stereocenters. The van der Waals surface area contributed by atoms with E-state index in [2.05, 4.69) is 39.2 Å². The molecule has 2 aromatic heterocycles. The average molecular weight is 369 g/mol. The van der Waals surface area contributed by atoms with Gasteiger partial charge < -0.3 is 5.73 Å². The lowest BCUT2D eigenvalue weighted by molar-refractivity contribution is 0.331. The summed E-state index contributed by atoms with van der Waals surface area (Å²) < 4.78 is 1.89. The Balaban J connectivity index is 1.49. The molecule has 5 rings (SSSR count). The Hall–Kier alpha value is -3.18. The largest absolute Gasteiger partial charge is 0.399 e. The Morgan fingerprint density at radius 2 is 1.75 bits per heavy atom. The molecule has 0 aliphatic carbocycles. The highest BCUT2D eigenvalue weighted by Crippen LogP contribution is 2.28. The zero-order chi connectivity index (χ0) is 18.9. The number of nitrogens with two attached hydrogens (primary N) is 1. The van der Waals surface area contributed by atoms with Gasteiger partial charge in [-0.1, -0.05) is 36.4 Å². The van der Waals surface area contributed by atoms with Crippen LogP contribution in [-0.2, 0) is 6.54 Å². The summed E-state index contributed by atoms with van der Waals surface area (Å²) in [6, 6.07) is 18.6. The van der Waals surface area contributed by atoms with E-state index >= 15 is 0 Å². The van der Waals surface area contributed by atoms with Crippen LogP contribution < -0.4 is 5.73 Å². The van der Waals surface area contributed by atoms with Gasteiger partial charge in [-0.3, -0.25) is 4.90 Å². The summed E-state index contributed by atoms with van der Waals surface area (Å²) in [6.45, 7) is 3.46. The van der Waals surface area contributed by atoms with Gasteiger partial charge in [-0.2, -0.15) is 5.10 Å². The molecule has 0 spiro atoms. The number of anilines is 1. The molecule has 5 nitrogen and oxygen atoms in total. The third kappa shape index (κ3) is 3.14. The maximum Gasteiger partial charge on any atom is 0.163 e. The molecule has 2 aromatic carbocycles. The van der Waals surface area contributed by atoms with Crippen LogP contribution in [0.1, 0.15) is 18.4 Å². The maximum absolute atomic E-state index is 5.96. The van der Waals surface area contributed by atoms with Crippen molar-refractivity contribution in [2.45, 2.75) is 19.4 Å². The lowest BCUT2D eigenvalue weighted by Crippen LogP contribution is -2.18. The number of benzene rings is 2. The molecule has 140 valence electrons. The molecule has 0 bridgehead atoms. The van der Waals surface area contributed by atoms with Crippen LogP contribution in [0, 0.1) is 0 Å². The minimum Gasteiger partial charge on any atom is -0.399 e. The van der Waals surface area contributed by atoms with Crippen molar-refractivity contribution in [2.75, 3.05) is 18.8 Å². The molecule has 0 radical (unpaired) electrons. The van der Waals surface area contributed by atoms with Gasteiger partial charge in [0.25, 0.3) is 0 Å². The fraction of sp³-hybridized carbons (Fsp3) is 0.217. The highest BCUT2D eigenvalue weighted by molar-refractivity contribution is 5.79. The lowest BCUT2D eigenvalue weighted by atomic mass is 10.1. The minimum absolute atomic E-state index is 0.739. The number of nitrogen functional groups attached to an aromatic ring is 1. The number of hydrogen-bond acceptors (Lipinski definition) is 4. The number of nitrogens with zero attached hydrogens (tertiary/aromatic N) is 4. The third-order valence-corrected chi connectivity index (χ3v) is 5.45. The van der Waals surface area contributed by atoms with E-state index in [-0.39, 0.29) is 0 Å². The van der Waals surface area contributed by atoms with Crippen molar-refractivity contribution in [3.8, 4) is 22.4 Å². The van der Waals surface area contributed by atoms with Crippen molar-refractivity contribution in [3.05, 3.63) is 72.6 Å². The van der Waals surface area contributed by atoms with Crippen LogP contribution in [0.3, 0.4) is 0 Å². The Morgan fingerprint density at radius 3 is 2.54 bits per heavy atom. The molecule has 5 heteroatoms. The Kier molecular flexibility index (Phi) is 4.29. The second-order valence-electron chi connectivity index (χ2n) is 7.43. The van der Waals surface area contributed by atoms with Crippen LogP contribution in [0.4, 0.5) is 5.69 Å². The molecule has 1 aliphatic heterocycles. The summed E-state index contributed by atoms with van der Waals surface area (Å²) in [5.74, 6) is 0. The van der Waals surface area contributed by atoms with E-state index in [1.807, 2.05) is 47.2 Å². The highest BCUT2D eigenvalue weighted by atomic mass is 15.3. The van der Waals surface area contributed by atoms with Crippen molar-refractivity contribution in [1.82, 2.24) is 19.5 Å². The fourth-order valence-corrected chi connectivity index (χ4v) is 4.00.